The molecule has 0 aliphatic heterocycles. The molecular weight excluding hydrogens is 428 g/mol. The molecule has 3 aromatic rings. The standard InChI is InChI=1S/C24H26N4O3.ClH/c1-30-20-10-6-9-19(22(20)31-2)21(24(29)27-15-16-7-4-3-5-8-16)28-18-13-11-17(12-14-18)23(25)26;/h3-14,21,28H,15H2,1-2H3,(H3,25,26)(H,27,29);1H/t21-;/m0./s1. The fraction of sp³-hybridized carbons (Fsp3) is 0.167. The molecule has 5 N–H and O–H groups in total. The Hall–Kier alpha value is -3.71. The van der Waals surface area contributed by atoms with Gasteiger partial charge < -0.3 is 25.8 Å². The number of benzene rings is 3. The van der Waals surface area contributed by atoms with Crippen LogP contribution in [-0.4, -0.2) is 26.0 Å². The zero-order valence-electron chi connectivity index (χ0n) is 17.9. The summed E-state index contributed by atoms with van der Waals surface area (Å²) < 4.78 is 11.0. The Bertz CT molecular complexity index is 1040. The second-order valence-corrected chi connectivity index (χ2v) is 6.85. The molecule has 0 radical (unpaired) electrons. The Labute approximate surface area is 193 Å². The average molecular weight is 455 g/mol. The molecule has 8 heteroatoms. The van der Waals surface area contributed by atoms with Crippen LogP contribution in [-0.2, 0) is 11.3 Å². The molecule has 0 saturated heterocycles. The van der Waals surface area contributed by atoms with E-state index in [0.717, 1.165) is 5.56 Å². The first-order valence-electron chi connectivity index (χ1n) is 9.77. The van der Waals surface area contributed by atoms with Crippen molar-refractivity contribution in [3.8, 4) is 11.5 Å². The number of amides is 1. The lowest BCUT2D eigenvalue weighted by Crippen LogP contribution is -2.33. The van der Waals surface area contributed by atoms with Crippen LogP contribution in [0, 0.1) is 5.41 Å². The summed E-state index contributed by atoms with van der Waals surface area (Å²) in [7, 11) is 3.10. The van der Waals surface area contributed by atoms with Gasteiger partial charge in [0, 0.05) is 23.4 Å². The molecule has 0 heterocycles. The van der Waals surface area contributed by atoms with Crippen molar-refractivity contribution in [2.75, 3.05) is 19.5 Å². The summed E-state index contributed by atoms with van der Waals surface area (Å²) in [4.78, 5) is 13.2. The summed E-state index contributed by atoms with van der Waals surface area (Å²) in [5.41, 5.74) is 8.49. The third-order valence-electron chi connectivity index (χ3n) is 4.82. The van der Waals surface area contributed by atoms with Crippen LogP contribution in [0.15, 0.2) is 72.8 Å². The van der Waals surface area contributed by atoms with Crippen LogP contribution >= 0.6 is 12.4 Å². The molecule has 0 fully saturated rings. The van der Waals surface area contributed by atoms with Crippen LogP contribution in [0.1, 0.15) is 22.7 Å². The first kappa shape index (κ1) is 24.6. The number of anilines is 1. The van der Waals surface area contributed by atoms with Crippen LogP contribution in [0.5, 0.6) is 11.5 Å². The van der Waals surface area contributed by atoms with Gasteiger partial charge >= 0.3 is 0 Å². The smallest absolute Gasteiger partial charge is 0.247 e. The van der Waals surface area contributed by atoms with E-state index in [1.165, 1.54) is 0 Å². The van der Waals surface area contributed by atoms with Gasteiger partial charge in [0.25, 0.3) is 0 Å². The van der Waals surface area contributed by atoms with Crippen LogP contribution in [0.2, 0.25) is 0 Å². The summed E-state index contributed by atoms with van der Waals surface area (Å²) in [6.45, 7) is 0.396. The number of hydrogen-bond donors (Lipinski definition) is 4. The highest BCUT2D eigenvalue weighted by atomic mass is 35.5. The zero-order chi connectivity index (χ0) is 22.2. The highest BCUT2D eigenvalue weighted by Gasteiger charge is 2.26. The van der Waals surface area contributed by atoms with Crippen molar-refractivity contribution in [1.82, 2.24) is 5.32 Å². The number of methoxy groups -OCH3 is 2. The number of carbonyl (C=O) groups is 1. The van der Waals surface area contributed by atoms with Gasteiger partial charge in [-0.1, -0.05) is 42.5 Å². The lowest BCUT2D eigenvalue weighted by Gasteiger charge is -2.23. The first-order chi connectivity index (χ1) is 15.0. The molecule has 3 rings (SSSR count). The van der Waals surface area contributed by atoms with Crippen molar-refractivity contribution >= 4 is 29.8 Å². The third kappa shape index (κ3) is 5.92. The number of nitrogen functional groups attached to an aromatic ring is 1. The molecule has 7 nitrogen and oxygen atoms in total. The zero-order valence-corrected chi connectivity index (χ0v) is 18.7. The van der Waals surface area contributed by atoms with E-state index in [9.17, 15) is 4.79 Å². The van der Waals surface area contributed by atoms with Crippen LogP contribution in [0.25, 0.3) is 0 Å². The van der Waals surface area contributed by atoms with Crippen molar-refractivity contribution in [2.24, 2.45) is 5.73 Å². The number of nitrogens with one attached hydrogen (secondary N) is 3. The second kappa shape index (κ2) is 11.6. The monoisotopic (exact) mass is 454 g/mol. The Kier molecular flexibility index (Phi) is 8.92. The molecule has 32 heavy (non-hydrogen) atoms. The first-order valence-corrected chi connectivity index (χ1v) is 9.77. The van der Waals surface area contributed by atoms with Crippen LogP contribution < -0.4 is 25.8 Å². The Morgan fingerprint density at radius 2 is 1.66 bits per heavy atom. The minimum Gasteiger partial charge on any atom is -0.493 e. The number of carbonyl (C=O) groups excluding carboxylic acids is 1. The number of halogens is 1. The third-order valence-corrected chi connectivity index (χ3v) is 4.82. The van der Waals surface area contributed by atoms with E-state index in [1.54, 1.807) is 44.6 Å². The summed E-state index contributed by atoms with van der Waals surface area (Å²) in [5, 5.41) is 13.8. The average Bonchev–Trinajstić information content (AvgIpc) is 2.81. The van der Waals surface area contributed by atoms with Crippen LogP contribution in [0.3, 0.4) is 0 Å². The SMILES string of the molecule is COc1cccc([C@H](Nc2ccc(C(=N)N)cc2)C(=O)NCc2ccccc2)c1OC.Cl. The molecule has 168 valence electrons. The normalized spacial score (nSPS) is 10.9. The van der Waals surface area contributed by atoms with Gasteiger partial charge in [-0.05, 0) is 35.9 Å². The van der Waals surface area contributed by atoms with E-state index >= 15 is 0 Å². The Morgan fingerprint density at radius 3 is 2.25 bits per heavy atom. The molecule has 0 aliphatic carbocycles. The van der Waals surface area contributed by atoms with E-state index in [2.05, 4.69) is 10.6 Å². The van der Waals surface area contributed by atoms with Gasteiger partial charge in [0.05, 0.1) is 14.2 Å². The van der Waals surface area contributed by atoms with Gasteiger partial charge in [0.1, 0.15) is 11.9 Å². The summed E-state index contributed by atoms with van der Waals surface area (Å²) in [5.74, 6) is 0.788. The van der Waals surface area contributed by atoms with E-state index in [0.29, 0.717) is 34.9 Å². The molecule has 0 aliphatic rings. The topological polar surface area (TPSA) is 109 Å². The molecule has 0 bridgehead atoms. The van der Waals surface area contributed by atoms with Crippen LogP contribution in [0.4, 0.5) is 5.69 Å². The van der Waals surface area contributed by atoms with Crippen molar-refractivity contribution in [2.45, 2.75) is 12.6 Å². The van der Waals surface area contributed by atoms with Crippen molar-refractivity contribution < 1.29 is 14.3 Å². The van der Waals surface area contributed by atoms with Crippen molar-refractivity contribution in [1.29, 1.82) is 5.41 Å². The molecule has 0 saturated carbocycles. The lowest BCUT2D eigenvalue weighted by molar-refractivity contribution is -0.122. The van der Waals surface area contributed by atoms with E-state index in [1.807, 2.05) is 42.5 Å². The number of amidine groups is 1. The number of hydrogen-bond acceptors (Lipinski definition) is 5. The number of rotatable bonds is 9. The van der Waals surface area contributed by atoms with Gasteiger partial charge in [-0.2, -0.15) is 0 Å². The van der Waals surface area contributed by atoms with Gasteiger partial charge in [-0.15, -0.1) is 12.4 Å². The fourth-order valence-corrected chi connectivity index (χ4v) is 3.22. The highest BCUT2D eigenvalue weighted by Crippen LogP contribution is 2.36. The maximum absolute atomic E-state index is 13.2. The second-order valence-electron chi connectivity index (χ2n) is 6.85. The minimum atomic E-state index is -0.739. The number of para-hydroxylation sites is 1. The van der Waals surface area contributed by atoms with Gasteiger partial charge in [-0.25, -0.2) is 0 Å². The maximum atomic E-state index is 13.2. The van der Waals surface area contributed by atoms with E-state index in [-0.39, 0.29) is 24.1 Å². The lowest BCUT2D eigenvalue weighted by atomic mass is 10.0. The molecule has 3 aromatic carbocycles. The summed E-state index contributed by atoms with van der Waals surface area (Å²) in [6, 6.07) is 21.4. The van der Waals surface area contributed by atoms with Crippen molar-refractivity contribution in [3.05, 3.63) is 89.5 Å². The minimum absolute atomic E-state index is 0. The predicted molar refractivity (Wildman–Crippen MR) is 129 cm³/mol. The number of nitrogens with two attached hydrogens (primary N) is 1. The van der Waals surface area contributed by atoms with Crippen molar-refractivity contribution in [3.63, 3.8) is 0 Å². The summed E-state index contributed by atoms with van der Waals surface area (Å²) >= 11 is 0. The number of ether oxygens (including phenoxy) is 2. The molecule has 1 amide bonds. The van der Waals surface area contributed by atoms with E-state index in [4.69, 9.17) is 20.6 Å². The van der Waals surface area contributed by atoms with E-state index < -0.39 is 6.04 Å². The fourth-order valence-electron chi connectivity index (χ4n) is 3.22. The Morgan fingerprint density at radius 1 is 0.969 bits per heavy atom. The molecule has 1 atom stereocenters. The molecule has 0 spiro atoms. The quantitative estimate of drug-likeness (QED) is 0.290. The largest absolute Gasteiger partial charge is 0.493 e. The van der Waals surface area contributed by atoms with Gasteiger partial charge in [0.15, 0.2) is 11.5 Å². The molecule has 0 aromatic heterocycles. The maximum Gasteiger partial charge on any atom is 0.247 e. The Balaban J connectivity index is 0.00000363. The van der Waals surface area contributed by atoms with Gasteiger partial charge in [-0.3, -0.25) is 10.2 Å². The van der Waals surface area contributed by atoms with Gasteiger partial charge in [0.2, 0.25) is 5.91 Å². The predicted octanol–water partition coefficient (Wildman–Crippen LogP) is 3.88. The summed E-state index contributed by atoms with van der Waals surface area (Å²) in [6.07, 6.45) is 0. The molecule has 0 unspecified atom stereocenters. The highest BCUT2D eigenvalue weighted by molar-refractivity contribution is 5.95. The molecular formula is C24H27ClN4O3.